The van der Waals surface area contributed by atoms with Crippen molar-refractivity contribution < 1.29 is 4.74 Å². The van der Waals surface area contributed by atoms with Crippen LogP contribution in [0.25, 0.3) is 0 Å². The van der Waals surface area contributed by atoms with Crippen LogP contribution < -0.4 is 4.74 Å². The first kappa shape index (κ1) is 29.2. The molecule has 31 heavy (non-hydrogen) atoms. The molecule has 0 aliphatic rings. The van der Waals surface area contributed by atoms with Gasteiger partial charge in [0, 0.05) is 0 Å². The van der Waals surface area contributed by atoms with E-state index in [0.29, 0.717) is 0 Å². The van der Waals surface area contributed by atoms with E-state index in [1.165, 1.54) is 77.0 Å². The standard InChI is InChI=1S/C16H34.C12H10O.C2H6/c1-4-6-8-10-11-13-15-16(3)14-12-9-7-5-2;1-3-7-11(8-4-1)13-12-9-5-2-6-10-12;1-2/h16H,4-15H2,1-3H3;1-10H;1-2H3. The third-order valence-electron chi connectivity index (χ3n) is 5.32. The Morgan fingerprint density at radius 1 is 0.548 bits per heavy atom. The van der Waals surface area contributed by atoms with Gasteiger partial charge < -0.3 is 4.74 Å². The molecule has 2 aromatic carbocycles. The Hall–Kier alpha value is -1.76. The minimum absolute atomic E-state index is 0.869. The lowest BCUT2D eigenvalue weighted by Crippen LogP contribution is -1.95. The second-order valence-corrected chi connectivity index (χ2v) is 8.24. The van der Waals surface area contributed by atoms with Gasteiger partial charge in [0.15, 0.2) is 0 Å². The van der Waals surface area contributed by atoms with Gasteiger partial charge in [-0.15, -0.1) is 0 Å². The topological polar surface area (TPSA) is 9.23 Å². The third-order valence-corrected chi connectivity index (χ3v) is 5.32. The maximum absolute atomic E-state index is 5.58. The summed E-state index contributed by atoms with van der Waals surface area (Å²) >= 11 is 0. The maximum Gasteiger partial charge on any atom is 0.127 e. The van der Waals surface area contributed by atoms with Gasteiger partial charge in [-0.25, -0.2) is 0 Å². The van der Waals surface area contributed by atoms with Crippen LogP contribution in [0.15, 0.2) is 60.7 Å². The Morgan fingerprint density at radius 3 is 1.32 bits per heavy atom. The summed E-state index contributed by atoms with van der Waals surface area (Å²) in [6.45, 7) is 11.0. The molecule has 1 atom stereocenters. The van der Waals surface area contributed by atoms with Crippen LogP contribution in [0.1, 0.15) is 112 Å². The average molecular weight is 427 g/mol. The highest BCUT2D eigenvalue weighted by molar-refractivity contribution is 5.30. The van der Waals surface area contributed by atoms with Crippen LogP contribution in [-0.2, 0) is 0 Å². The Balaban J connectivity index is 0.000000544. The van der Waals surface area contributed by atoms with Crippen LogP contribution in [0, 0.1) is 5.92 Å². The van der Waals surface area contributed by atoms with Crippen LogP contribution in [0.4, 0.5) is 0 Å². The summed E-state index contributed by atoms with van der Waals surface area (Å²) in [5, 5.41) is 0. The molecule has 1 nitrogen and oxygen atoms in total. The first-order chi connectivity index (χ1) is 15.3. The Bertz CT molecular complexity index is 526. The van der Waals surface area contributed by atoms with E-state index in [9.17, 15) is 0 Å². The summed E-state index contributed by atoms with van der Waals surface area (Å²) in [7, 11) is 0. The van der Waals surface area contributed by atoms with E-state index in [2.05, 4.69) is 20.8 Å². The zero-order valence-corrected chi connectivity index (χ0v) is 21.2. The number of para-hydroxylation sites is 2. The average Bonchev–Trinajstić information content (AvgIpc) is 2.82. The number of rotatable bonds is 14. The summed E-state index contributed by atoms with van der Waals surface area (Å²) in [6, 6.07) is 19.5. The van der Waals surface area contributed by atoms with Crippen molar-refractivity contribution in [1.82, 2.24) is 0 Å². The molecule has 0 bridgehead atoms. The lowest BCUT2D eigenvalue weighted by Gasteiger charge is -2.10. The summed E-state index contributed by atoms with van der Waals surface area (Å²) in [5.74, 6) is 2.71. The lowest BCUT2D eigenvalue weighted by atomic mass is 9.96. The van der Waals surface area contributed by atoms with Crippen LogP contribution in [0.3, 0.4) is 0 Å². The Labute approximate surface area is 194 Å². The normalized spacial score (nSPS) is 10.9. The minimum atomic E-state index is 0.869. The van der Waals surface area contributed by atoms with E-state index in [1.54, 1.807) is 0 Å². The SMILES string of the molecule is CC.CCCCCCCCC(C)CCCCCC.c1ccc(Oc2ccccc2)cc1. The molecule has 0 N–H and O–H groups in total. The number of unbranched alkanes of at least 4 members (excludes halogenated alkanes) is 8. The Kier molecular flexibility index (Phi) is 21.6. The summed E-state index contributed by atoms with van der Waals surface area (Å²) in [5.41, 5.74) is 0. The molecule has 0 aliphatic carbocycles. The molecule has 2 aromatic rings. The van der Waals surface area contributed by atoms with Crippen molar-refractivity contribution in [3.63, 3.8) is 0 Å². The van der Waals surface area contributed by atoms with Crippen LogP contribution >= 0.6 is 0 Å². The molecule has 1 heteroatoms. The zero-order valence-electron chi connectivity index (χ0n) is 21.2. The largest absolute Gasteiger partial charge is 0.457 e. The van der Waals surface area contributed by atoms with Gasteiger partial charge in [-0.2, -0.15) is 0 Å². The lowest BCUT2D eigenvalue weighted by molar-refractivity contribution is 0.434. The fourth-order valence-electron chi connectivity index (χ4n) is 3.45. The molecule has 0 aromatic heterocycles. The molecule has 0 fully saturated rings. The predicted octanol–water partition coefficient (Wildman–Crippen LogP) is 10.8. The van der Waals surface area contributed by atoms with E-state index in [-0.39, 0.29) is 0 Å². The van der Waals surface area contributed by atoms with Crippen LogP contribution in [0.2, 0.25) is 0 Å². The van der Waals surface area contributed by atoms with Gasteiger partial charge in [-0.3, -0.25) is 0 Å². The molecule has 1 unspecified atom stereocenters. The second kappa shape index (κ2) is 22.9. The van der Waals surface area contributed by atoms with Crippen molar-refractivity contribution in [3.05, 3.63) is 60.7 Å². The molecular formula is C30H50O. The van der Waals surface area contributed by atoms with Crippen molar-refractivity contribution in [2.24, 2.45) is 5.92 Å². The second-order valence-electron chi connectivity index (χ2n) is 8.24. The number of hydrogen-bond donors (Lipinski definition) is 0. The smallest absolute Gasteiger partial charge is 0.127 e. The molecule has 176 valence electrons. The third kappa shape index (κ3) is 18.7. The van der Waals surface area contributed by atoms with Crippen LogP contribution in [-0.4, -0.2) is 0 Å². The van der Waals surface area contributed by atoms with Crippen molar-refractivity contribution in [2.75, 3.05) is 0 Å². The molecule has 0 saturated carbocycles. The van der Waals surface area contributed by atoms with Crippen molar-refractivity contribution >= 4 is 0 Å². The highest BCUT2D eigenvalue weighted by atomic mass is 16.5. The molecule has 0 spiro atoms. The van der Waals surface area contributed by atoms with Gasteiger partial charge in [-0.05, 0) is 30.2 Å². The quantitative estimate of drug-likeness (QED) is 0.273. The zero-order chi connectivity index (χ0) is 23.0. The summed E-state index contributed by atoms with van der Waals surface area (Å²) in [4.78, 5) is 0. The van der Waals surface area contributed by atoms with E-state index in [0.717, 1.165) is 17.4 Å². The molecule has 0 radical (unpaired) electrons. The number of ether oxygens (including phenoxy) is 1. The number of benzene rings is 2. The molecule has 0 saturated heterocycles. The van der Waals surface area contributed by atoms with Gasteiger partial charge in [0.05, 0.1) is 0 Å². The maximum atomic E-state index is 5.58. The van der Waals surface area contributed by atoms with Gasteiger partial charge in [0.1, 0.15) is 11.5 Å². The molecule has 0 amide bonds. The van der Waals surface area contributed by atoms with Crippen LogP contribution in [0.5, 0.6) is 11.5 Å². The highest BCUT2D eigenvalue weighted by Gasteiger charge is 2.01. The summed E-state index contributed by atoms with van der Waals surface area (Å²) in [6.07, 6.45) is 17.3. The summed E-state index contributed by atoms with van der Waals surface area (Å²) < 4.78 is 5.58. The predicted molar refractivity (Wildman–Crippen MR) is 140 cm³/mol. The highest BCUT2D eigenvalue weighted by Crippen LogP contribution is 2.19. The monoisotopic (exact) mass is 426 g/mol. The molecular weight excluding hydrogens is 376 g/mol. The van der Waals surface area contributed by atoms with E-state index < -0.39 is 0 Å². The first-order valence-electron chi connectivity index (χ1n) is 13.0. The van der Waals surface area contributed by atoms with Gasteiger partial charge in [-0.1, -0.05) is 148 Å². The first-order valence-corrected chi connectivity index (χ1v) is 13.0. The van der Waals surface area contributed by atoms with E-state index >= 15 is 0 Å². The fraction of sp³-hybridized carbons (Fsp3) is 0.600. The van der Waals surface area contributed by atoms with Gasteiger partial charge >= 0.3 is 0 Å². The van der Waals surface area contributed by atoms with Gasteiger partial charge in [0.25, 0.3) is 0 Å². The van der Waals surface area contributed by atoms with Crippen molar-refractivity contribution in [2.45, 2.75) is 112 Å². The molecule has 2 rings (SSSR count). The van der Waals surface area contributed by atoms with E-state index in [1.807, 2.05) is 74.5 Å². The van der Waals surface area contributed by atoms with Gasteiger partial charge in [0.2, 0.25) is 0 Å². The fourth-order valence-corrected chi connectivity index (χ4v) is 3.45. The van der Waals surface area contributed by atoms with Crippen molar-refractivity contribution in [3.8, 4) is 11.5 Å². The number of hydrogen-bond acceptors (Lipinski definition) is 1. The van der Waals surface area contributed by atoms with Crippen molar-refractivity contribution in [1.29, 1.82) is 0 Å². The minimum Gasteiger partial charge on any atom is -0.457 e. The van der Waals surface area contributed by atoms with E-state index in [4.69, 9.17) is 4.74 Å². The Morgan fingerprint density at radius 2 is 0.903 bits per heavy atom. The molecule has 0 heterocycles. The molecule has 0 aliphatic heterocycles.